The zero-order chi connectivity index (χ0) is 18.7. The zero-order valence-electron chi connectivity index (χ0n) is 13.5. The summed E-state index contributed by atoms with van der Waals surface area (Å²) in [6, 6.07) is 0.662. The van der Waals surface area contributed by atoms with Gasteiger partial charge in [-0.3, -0.25) is 9.78 Å². The molecule has 2 aliphatic heterocycles. The van der Waals surface area contributed by atoms with Gasteiger partial charge in [0.2, 0.25) is 0 Å². The highest BCUT2D eigenvalue weighted by atomic mass is 79.9. The van der Waals surface area contributed by atoms with Crippen molar-refractivity contribution >= 4 is 61.8 Å². The number of carbonyl (C=O) groups excluding carboxylic acids is 1. The van der Waals surface area contributed by atoms with E-state index in [-0.39, 0.29) is 28.5 Å². The van der Waals surface area contributed by atoms with Crippen molar-refractivity contribution in [2.75, 3.05) is 36.5 Å². The smallest absolute Gasteiger partial charge is 0.407 e. The van der Waals surface area contributed by atoms with Gasteiger partial charge < -0.3 is 19.8 Å². The number of carboxylic acid groups (broad SMARTS) is 1. The van der Waals surface area contributed by atoms with Crippen LogP contribution in [-0.4, -0.2) is 59.7 Å². The number of aromatic nitrogens is 1. The highest BCUT2D eigenvalue weighted by molar-refractivity contribution is 9.10. The average molecular weight is 444 g/mol. The molecule has 0 unspecified atom stereocenters. The number of hydrogen-bond donors (Lipinski definition) is 1. The SMILES string of the molecule is CN1C(=O)[C@H]2CN(C(=O)O)CCN2c2c1cnc1c(Cl)c(Br)c(F)cc21. The normalized spacial score (nSPS) is 19.6. The third-order valence-electron chi connectivity index (χ3n) is 4.87. The van der Waals surface area contributed by atoms with Gasteiger partial charge in [0.25, 0.3) is 5.91 Å². The van der Waals surface area contributed by atoms with Gasteiger partial charge in [-0.2, -0.15) is 0 Å². The summed E-state index contributed by atoms with van der Waals surface area (Å²) in [5, 5.41) is 9.89. The van der Waals surface area contributed by atoms with Crippen LogP contribution in [0.15, 0.2) is 16.7 Å². The lowest BCUT2D eigenvalue weighted by molar-refractivity contribution is -0.120. The summed E-state index contributed by atoms with van der Waals surface area (Å²) < 4.78 is 14.4. The van der Waals surface area contributed by atoms with Gasteiger partial charge in [0.05, 0.1) is 39.1 Å². The minimum Gasteiger partial charge on any atom is -0.465 e. The van der Waals surface area contributed by atoms with Crippen LogP contribution >= 0.6 is 27.5 Å². The number of rotatable bonds is 0. The molecule has 0 spiro atoms. The second kappa shape index (κ2) is 5.95. The Hall–Kier alpha value is -2.13. The van der Waals surface area contributed by atoms with Gasteiger partial charge >= 0.3 is 6.09 Å². The van der Waals surface area contributed by atoms with Crippen LogP contribution in [0.2, 0.25) is 5.02 Å². The number of amides is 2. The molecule has 4 rings (SSSR count). The van der Waals surface area contributed by atoms with E-state index in [1.165, 1.54) is 22.1 Å². The van der Waals surface area contributed by atoms with E-state index >= 15 is 0 Å². The van der Waals surface area contributed by atoms with Crippen molar-refractivity contribution in [3.63, 3.8) is 0 Å². The number of piperazine rings is 1. The molecule has 1 N–H and O–H groups in total. The minimum absolute atomic E-state index is 0.0501. The second-order valence-electron chi connectivity index (χ2n) is 6.21. The maximum atomic E-state index is 14.3. The third kappa shape index (κ3) is 2.34. The molecule has 3 heterocycles. The zero-order valence-corrected chi connectivity index (χ0v) is 15.9. The fourth-order valence-electron chi connectivity index (χ4n) is 3.54. The lowest BCUT2D eigenvalue weighted by Gasteiger charge is -2.46. The van der Waals surface area contributed by atoms with E-state index in [4.69, 9.17) is 11.6 Å². The molecule has 1 saturated heterocycles. The van der Waals surface area contributed by atoms with E-state index in [1.807, 2.05) is 4.90 Å². The number of anilines is 2. The van der Waals surface area contributed by atoms with E-state index in [0.717, 1.165) is 0 Å². The van der Waals surface area contributed by atoms with Gasteiger partial charge in [-0.05, 0) is 22.0 Å². The number of pyridine rings is 1. The van der Waals surface area contributed by atoms with E-state index in [0.29, 0.717) is 28.8 Å². The van der Waals surface area contributed by atoms with Crippen molar-refractivity contribution in [2.24, 2.45) is 0 Å². The van der Waals surface area contributed by atoms with Crippen molar-refractivity contribution in [3.05, 3.63) is 27.6 Å². The molecule has 2 amide bonds. The topological polar surface area (TPSA) is 77.0 Å². The van der Waals surface area contributed by atoms with Crippen LogP contribution in [0.25, 0.3) is 10.9 Å². The maximum Gasteiger partial charge on any atom is 0.407 e. The summed E-state index contributed by atoms with van der Waals surface area (Å²) in [5.41, 5.74) is 1.60. The summed E-state index contributed by atoms with van der Waals surface area (Å²) in [6.07, 6.45) is 0.467. The maximum absolute atomic E-state index is 14.3. The Bertz CT molecular complexity index is 972. The molecule has 1 fully saturated rings. The van der Waals surface area contributed by atoms with Gasteiger partial charge in [0.15, 0.2) is 0 Å². The van der Waals surface area contributed by atoms with Crippen LogP contribution < -0.4 is 9.80 Å². The van der Waals surface area contributed by atoms with Crippen molar-refractivity contribution in [1.82, 2.24) is 9.88 Å². The van der Waals surface area contributed by atoms with Crippen LogP contribution in [0.5, 0.6) is 0 Å². The van der Waals surface area contributed by atoms with E-state index in [9.17, 15) is 19.1 Å². The van der Waals surface area contributed by atoms with Crippen molar-refractivity contribution in [3.8, 4) is 0 Å². The Morgan fingerprint density at radius 1 is 1.46 bits per heavy atom. The Morgan fingerprint density at radius 3 is 2.88 bits per heavy atom. The van der Waals surface area contributed by atoms with E-state index in [2.05, 4.69) is 20.9 Å². The molecule has 2 aliphatic rings. The lowest BCUT2D eigenvalue weighted by atomic mass is 10.0. The molecule has 0 aliphatic carbocycles. The van der Waals surface area contributed by atoms with Gasteiger partial charge in [0.1, 0.15) is 11.9 Å². The molecule has 2 aromatic rings. The molecular weight excluding hydrogens is 431 g/mol. The van der Waals surface area contributed by atoms with E-state index < -0.39 is 18.0 Å². The van der Waals surface area contributed by atoms with Crippen molar-refractivity contribution in [2.45, 2.75) is 6.04 Å². The van der Waals surface area contributed by atoms with Gasteiger partial charge in [0, 0.05) is 25.5 Å². The molecule has 1 aromatic carbocycles. The first-order valence-corrected chi connectivity index (χ1v) is 8.96. The minimum atomic E-state index is -1.07. The first-order valence-electron chi connectivity index (χ1n) is 7.79. The van der Waals surface area contributed by atoms with Crippen LogP contribution in [0.3, 0.4) is 0 Å². The van der Waals surface area contributed by atoms with Crippen LogP contribution in [0.1, 0.15) is 0 Å². The Balaban J connectivity index is 1.95. The third-order valence-corrected chi connectivity index (χ3v) is 6.24. The molecule has 7 nitrogen and oxygen atoms in total. The van der Waals surface area contributed by atoms with Gasteiger partial charge in [-0.15, -0.1) is 0 Å². The molecule has 10 heteroatoms. The summed E-state index contributed by atoms with van der Waals surface area (Å²) >= 11 is 9.36. The summed E-state index contributed by atoms with van der Waals surface area (Å²) in [4.78, 5) is 32.8. The van der Waals surface area contributed by atoms with Crippen molar-refractivity contribution in [1.29, 1.82) is 0 Å². The van der Waals surface area contributed by atoms with Crippen LogP contribution in [0, 0.1) is 5.82 Å². The van der Waals surface area contributed by atoms with E-state index in [1.54, 1.807) is 7.05 Å². The fourth-order valence-corrected chi connectivity index (χ4v) is 4.09. The van der Waals surface area contributed by atoms with Gasteiger partial charge in [-0.25, -0.2) is 9.18 Å². The number of likely N-dealkylation sites (N-methyl/N-ethyl adjacent to an activating group) is 1. The number of benzene rings is 1. The summed E-state index contributed by atoms with van der Waals surface area (Å²) in [7, 11) is 1.60. The standard InChI is InChI=1S/C16H13BrClFN4O3/c1-21-9-5-20-13-7(4-8(19)11(17)12(13)18)14(9)23-3-2-22(16(25)26)6-10(23)15(21)24/h4-5,10H,2-3,6H2,1H3,(H,25,26)/t10-/m1/s1. The largest absolute Gasteiger partial charge is 0.465 e. The molecule has 26 heavy (non-hydrogen) atoms. The molecule has 136 valence electrons. The number of fused-ring (bicyclic) bond motifs is 5. The molecule has 0 radical (unpaired) electrons. The summed E-state index contributed by atoms with van der Waals surface area (Å²) in [6.45, 7) is 0.616. The molecule has 0 bridgehead atoms. The molecule has 1 atom stereocenters. The monoisotopic (exact) mass is 442 g/mol. The number of halogens is 3. The second-order valence-corrected chi connectivity index (χ2v) is 7.38. The molecule has 0 saturated carbocycles. The Labute approximate surface area is 161 Å². The predicted molar refractivity (Wildman–Crippen MR) is 98.6 cm³/mol. The number of hydrogen-bond acceptors (Lipinski definition) is 4. The highest BCUT2D eigenvalue weighted by Crippen LogP contribution is 2.44. The van der Waals surface area contributed by atoms with Crippen LogP contribution in [0.4, 0.5) is 20.6 Å². The fraction of sp³-hybridized carbons (Fsp3) is 0.312. The first kappa shape index (κ1) is 17.3. The quantitative estimate of drug-likeness (QED) is 0.634. The lowest BCUT2D eigenvalue weighted by Crippen LogP contribution is -2.62. The first-order chi connectivity index (χ1) is 12.3. The predicted octanol–water partition coefficient (Wildman–Crippen LogP) is 2.93. The molecular formula is C16H13BrClFN4O3. The van der Waals surface area contributed by atoms with Crippen molar-refractivity contribution < 1.29 is 19.1 Å². The average Bonchev–Trinajstić information content (AvgIpc) is 2.63. The van der Waals surface area contributed by atoms with Crippen LogP contribution in [-0.2, 0) is 4.79 Å². The highest BCUT2D eigenvalue weighted by Gasteiger charge is 2.42. The number of carbonyl (C=O) groups is 2. The Kier molecular flexibility index (Phi) is 3.96. The number of nitrogens with zero attached hydrogens (tertiary/aromatic N) is 4. The van der Waals surface area contributed by atoms with Gasteiger partial charge in [-0.1, -0.05) is 11.6 Å². The summed E-state index contributed by atoms with van der Waals surface area (Å²) in [5.74, 6) is -0.758. The Morgan fingerprint density at radius 2 is 2.19 bits per heavy atom. The molecule has 1 aromatic heterocycles.